The molecule has 2 aromatic carbocycles. The number of halogens is 1. The van der Waals surface area contributed by atoms with Crippen LogP contribution in [0.1, 0.15) is 53.1 Å². The lowest BCUT2D eigenvalue weighted by Gasteiger charge is -2.34. The maximum Gasteiger partial charge on any atom is 0.253 e. The number of nitrogens with zero attached hydrogens (tertiary/aromatic N) is 3. The monoisotopic (exact) mass is 446 g/mol. The van der Waals surface area contributed by atoms with Crippen LogP contribution in [0.15, 0.2) is 67.3 Å². The van der Waals surface area contributed by atoms with Crippen molar-refractivity contribution in [1.82, 2.24) is 19.8 Å². The number of hydrogen-bond acceptors (Lipinski definition) is 3. The first-order chi connectivity index (χ1) is 16.0. The molecule has 5 rings (SSSR count). The molecule has 0 bridgehead atoms. The lowest BCUT2D eigenvalue weighted by atomic mass is 9.79. The number of imidazole rings is 1. The average molecular weight is 447 g/mol. The maximum absolute atomic E-state index is 14.1. The Morgan fingerprint density at radius 1 is 1.18 bits per heavy atom. The van der Waals surface area contributed by atoms with Crippen LogP contribution in [-0.4, -0.2) is 44.9 Å². The minimum atomic E-state index is -0.578. The molecule has 0 aliphatic carbocycles. The van der Waals surface area contributed by atoms with E-state index in [1.165, 1.54) is 12.1 Å². The van der Waals surface area contributed by atoms with Gasteiger partial charge in [-0.25, -0.2) is 9.37 Å². The summed E-state index contributed by atoms with van der Waals surface area (Å²) in [5.41, 5.74) is 1.87. The first-order valence-electron chi connectivity index (χ1n) is 11.4. The van der Waals surface area contributed by atoms with E-state index >= 15 is 0 Å². The van der Waals surface area contributed by atoms with E-state index in [2.05, 4.69) is 10.3 Å². The van der Waals surface area contributed by atoms with E-state index in [0.717, 1.165) is 30.4 Å². The Balaban J connectivity index is 1.44. The summed E-state index contributed by atoms with van der Waals surface area (Å²) in [6, 6.07) is 14.2. The zero-order valence-electron chi connectivity index (χ0n) is 18.4. The number of amides is 2. The maximum atomic E-state index is 14.1. The number of likely N-dealkylation sites (tertiary alicyclic amines) is 1. The molecule has 2 amide bonds. The Bertz CT molecular complexity index is 1160. The molecule has 1 N–H and O–H groups in total. The Kier molecular flexibility index (Phi) is 5.70. The third kappa shape index (κ3) is 4.40. The SMILES string of the molecule is O=C1CCCC[C@]2(CN(C(=O)c3cccc(Cn4ccnc4)c3)C[C@H]2c2cccc(F)c2)N1. The Labute approximate surface area is 192 Å². The van der Waals surface area contributed by atoms with Gasteiger partial charge in [0.25, 0.3) is 5.91 Å². The van der Waals surface area contributed by atoms with Crippen molar-refractivity contribution in [3.05, 3.63) is 89.8 Å². The van der Waals surface area contributed by atoms with Crippen molar-refractivity contribution in [2.75, 3.05) is 13.1 Å². The van der Waals surface area contributed by atoms with Crippen LogP contribution in [0.3, 0.4) is 0 Å². The molecule has 7 heteroatoms. The highest BCUT2D eigenvalue weighted by Crippen LogP contribution is 2.41. The summed E-state index contributed by atoms with van der Waals surface area (Å²) < 4.78 is 16.0. The highest BCUT2D eigenvalue weighted by Gasteiger charge is 2.50. The fraction of sp³-hybridized carbons (Fsp3) is 0.346. The first kappa shape index (κ1) is 21.4. The molecule has 170 valence electrons. The van der Waals surface area contributed by atoms with Crippen molar-refractivity contribution in [2.45, 2.75) is 43.7 Å². The van der Waals surface area contributed by atoms with Gasteiger partial charge in [-0.3, -0.25) is 9.59 Å². The van der Waals surface area contributed by atoms with Crippen LogP contribution in [0.25, 0.3) is 0 Å². The third-order valence-electron chi connectivity index (χ3n) is 6.84. The molecule has 0 radical (unpaired) electrons. The average Bonchev–Trinajstić information content (AvgIpc) is 3.40. The minimum absolute atomic E-state index is 0.00512. The van der Waals surface area contributed by atoms with Crippen LogP contribution in [0.2, 0.25) is 0 Å². The van der Waals surface area contributed by atoms with Crippen LogP contribution in [0.4, 0.5) is 4.39 Å². The summed E-state index contributed by atoms with van der Waals surface area (Å²) >= 11 is 0. The molecule has 3 heterocycles. The quantitative estimate of drug-likeness (QED) is 0.664. The highest BCUT2D eigenvalue weighted by molar-refractivity contribution is 5.95. The summed E-state index contributed by atoms with van der Waals surface area (Å²) in [5.74, 6) is -0.530. The molecule has 2 aliphatic heterocycles. The molecule has 0 unspecified atom stereocenters. The molecule has 2 atom stereocenters. The van der Waals surface area contributed by atoms with E-state index in [1.54, 1.807) is 18.6 Å². The lowest BCUT2D eigenvalue weighted by Crippen LogP contribution is -2.52. The van der Waals surface area contributed by atoms with E-state index in [0.29, 0.717) is 31.6 Å². The van der Waals surface area contributed by atoms with E-state index in [9.17, 15) is 14.0 Å². The second-order valence-electron chi connectivity index (χ2n) is 9.14. The summed E-state index contributed by atoms with van der Waals surface area (Å²) in [7, 11) is 0. The van der Waals surface area contributed by atoms with Crippen LogP contribution >= 0.6 is 0 Å². The molecule has 2 fully saturated rings. The predicted molar refractivity (Wildman–Crippen MR) is 122 cm³/mol. The number of nitrogens with one attached hydrogen (secondary N) is 1. The van der Waals surface area contributed by atoms with Gasteiger partial charge in [-0.15, -0.1) is 0 Å². The van der Waals surface area contributed by atoms with Gasteiger partial charge in [0.15, 0.2) is 0 Å². The summed E-state index contributed by atoms with van der Waals surface area (Å²) in [6.45, 7) is 1.49. The lowest BCUT2D eigenvalue weighted by molar-refractivity contribution is -0.122. The van der Waals surface area contributed by atoms with E-state index < -0.39 is 5.54 Å². The fourth-order valence-corrected chi connectivity index (χ4v) is 5.30. The van der Waals surface area contributed by atoms with Crippen LogP contribution in [0.5, 0.6) is 0 Å². The molecule has 2 aliphatic rings. The van der Waals surface area contributed by atoms with Gasteiger partial charge in [0.05, 0.1) is 11.9 Å². The van der Waals surface area contributed by atoms with Crippen molar-refractivity contribution in [3.8, 4) is 0 Å². The number of rotatable bonds is 4. The molecule has 3 aromatic rings. The van der Waals surface area contributed by atoms with Crippen molar-refractivity contribution >= 4 is 11.8 Å². The molecule has 33 heavy (non-hydrogen) atoms. The topological polar surface area (TPSA) is 67.2 Å². The Hall–Kier alpha value is -3.48. The summed E-state index contributed by atoms with van der Waals surface area (Å²) in [5, 5.41) is 3.23. The number of carbonyl (C=O) groups is 2. The second kappa shape index (κ2) is 8.81. The van der Waals surface area contributed by atoms with Gasteiger partial charge in [0, 0.05) is 49.9 Å². The highest BCUT2D eigenvalue weighted by atomic mass is 19.1. The Morgan fingerprint density at radius 2 is 2.06 bits per heavy atom. The summed E-state index contributed by atoms with van der Waals surface area (Å²) in [6.07, 6.45) is 8.34. The zero-order chi connectivity index (χ0) is 22.8. The van der Waals surface area contributed by atoms with Gasteiger partial charge in [0.1, 0.15) is 5.82 Å². The van der Waals surface area contributed by atoms with Crippen molar-refractivity contribution in [1.29, 1.82) is 0 Å². The predicted octanol–water partition coefficient (Wildman–Crippen LogP) is 3.74. The van der Waals surface area contributed by atoms with Gasteiger partial charge < -0.3 is 14.8 Å². The van der Waals surface area contributed by atoms with Gasteiger partial charge in [0.2, 0.25) is 5.91 Å². The molecule has 0 saturated carbocycles. The van der Waals surface area contributed by atoms with Crippen LogP contribution in [-0.2, 0) is 11.3 Å². The molecule has 2 saturated heterocycles. The molecule has 1 aromatic heterocycles. The number of hydrogen-bond donors (Lipinski definition) is 1. The first-order valence-corrected chi connectivity index (χ1v) is 11.4. The fourth-order valence-electron chi connectivity index (χ4n) is 5.30. The minimum Gasteiger partial charge on any atom is -0.348 e. The zero-order valence-corrected chi connectivity index (χ0v) is 18.4. The normalized spacial score (nSPS) is 22.9. The smallest absolute Gasteiger partial charge is 0.253 e. The van der Waals surface area contributed by atoms with E-state index in [4.69, 9.17) is 0 Å². The largest absolute Gasteiger partial charge is 0.348 e. The second-order valence-corrected chi connectivity index (χ2v) is 9.14. The standard InChI is InChI=1S/C26H27FN4O2/c27-22-8-4-6-20(14-22)23-16-31(17-26(23)10-2-1-9-24(32)29-26)25(33)21-7-3-5-19(13-21)15-30-12-11-28-18-30/h3-8,11-14,18,23H,1-2,9-10,15-17H2,(H,29,32)/t23-,26+/m0/s1. The van der Waals surface area contributed by atoms with Gasteiger partial charge >= 0.3 is 0 Å². The number of aromatic nitrogens is 2. The van der Waals surface area contributed by atoms with E-state index in [1.807, 2.05) is 46.0 Å². The van der Waals surface area contributed by atoms with Crippen molar-refractivity contribution < 1.29 is 14.0 Å². The number of carbonyl (C=O) groups excluding carboxylic acids is 2. The van der Waals surface area contributed by atoms with E-state index in [-0.39, 0.29) is 23.5 Å². The van der Waals surface area contributed by atoms with Gasteiger partial charge in [-0.2, -0.15) is 0 Å². The van der Waals surface area contributed by atoms with Crippen molar-refractivity contribution in [3.63, 3.8) is 0 Å². The molecule has 6 nitrogen and oxygen atoms in total. The van der Waals surface area contributed by atoms with Crippen LogP contribution < -0.4 is 5.32 Å². The van der Waals surface area contributed by atoms with Crippen molar-refractivity contribution in [2.24, 2.45) is 0 Å². The third-order valence-corrected chi connectivity index (χ3v) is 6.84. The van der Waals surface area contributed by atoms with Gasteiger partial charge in [-0.05, 0) is 48.2 Å². The molecule has 1 spiro atoms. The molecular weight excluding hydrogens is 419 g/mol. The van der Waals surface area contributed by atoms with Gasteiger partial charge in [-0.1, -0.05) is 30.7 Å². The van der Waals surface area contributed by atoms with Crippen LogP contribution in [0, 0.1) is 5.82 Å². The molecular formula is C26H27FN4O2. The summed E-state index contributed by atoms with van der Waals surface area (Å²) in [4.78, 5) is 32.0. The number of benzene rings is 2. The Morgan fingerprint density at radius 3 is 2.88 bits per heavy atom.